The van der Waals surface area contributed by atoms with E-state index in [2.05, 4.69) is 6.08 Å². The number of nitrogens with two attached hydrogens (primary N) is 1. The fourth-order valence-corrected chi connectivity index (χ4v) is 3.31. The van der Waals surface area contributed by atoms with E-state index in [0.29, 0.717) is 5.92 Å². The molecular formula is C7H11NO2S. The van der Waals surface area contributed by atoms with Crippen molar-refractivity contribution in [2.45, 2.75) is 18.1 Å². The normalized spacial score (nSPS) is 41.7. The number of primary sulfonamides is 1. The van der Waals surface area contributed by atoms with Gasteiger partial charge in [-0.2, -0.15) is 0 Å². The maximum Gasteiger partial charge on any atom is 0.212 e. The summed E-state index contributed by atoms with van der Waals surface area (Å²) in [5.74, 6) is 0.679. The van der Waals surface area contributed by atoms with E-state index in [0.717, 1.165) is 12.8 Å². The molecule has 3 atom stereocenters. The lowest BCUT2D eigenvalue weighted by molar-refractivity contribution is 0.563. The minimum Gasteiger partial charge on any atom is -0.228 e. The number of sulfonamides is 1. The fraction of sp³-hybridized carbons (Fsp3) is 0.714. The van der Waals surface area contributed by atoms with Crippen molar-refractivity contribution in [1.29, 1.82) is 0 Å². The summed E-state index contributed by atoms with van der Waals surface area (Å²) in [7, 11) is -3.28. The summed E-state index contributed by atoms with van der Waals surface area (Å²) in [5, 5.41) is 4.77. The Hall–Kier alpha value is -0.350. The Bertz CT molecular complexity index is 294. The molecule has 0 spiro atoms. The van der Waals surface area contributed by atoms with Crippen LogP contribution in [0.1, 0.15) is 12.8 Å². The SMILES string of the molecule is NS(=O)(=O)[C@H]1C[C@@H]2C=C[C@H]1C2. The summed E-state index contributed by atoms with van der Waals surface area (Å²) in [4.78, 5) is 0. The Morgan fingerprint density at radius 2 is 2.00 bits per heavy atom. The van der Waals surface area contributed by atoms with Crippen LogP contribution in [0.4, 0.5) is 0 Å². The predicted octanol–water partition coefficient (Wildman–Crippen LogP) is 0.240. The van der Waals surface area contributed by atoms with Crippen molar-refractivity contribution in [3.8, 4) is 0 Å². The third-order valence-corrected chi connectivity index (χ3v) is 4.03. The number of allylic oxidation sites excluding steroid dienone is 2. The molecule has 2 N–H and O–H groups in total. The molecule has 0 heterocycles. The minimum absolute atomic E-state index is 0.204. The van der Waals surface area contributed by atoms with Gasteiger partial charge >= 0.3 is 0 Å². The van der Waals surface area contributed by atoms with Crippen molar-refractivity contribution in [3.05, 3.63) is 12.2 Å². The largest absolute Gasteiger partial charge is 0.228 e. The summed E-state index contributed by atoms with van der Waals surface area (Å²) in [6.07, 6.45) is 5.82. The van der Waals surface area contributed by atoms with Gasteiger partial charge in [0.05, 0.1) is 5.25 Å². The van der Waals surface area contributed by atoms with Gasteiger partial charge in [0.15, 0.2) is 0 Å². The maximum absolute atomic E-state index is 11.0. The highest BCUT2D eigenvalue weighted by atomic mass is 32.2. The third-order valence-electron chi connectivity index (χ3n) is 2.64. The molecule has 2 rings (SSSR count). The summed E-state index contributed by atoms with van der Waals surface area (Å²) in [5.41, 5.74) is 0. The lowest BCUT2D eigenvalue weighted by atomic mass is 10.1. The topological polar surface area (TPSA) is 60.2 Å². The van der Waals surface area contributed by atoms with E-state index < -0.39 is 10.0 Å². The molecule has 0 aromatic carbocycles. The second-order valence-electron chi connectivity index (χ2n) is 3.41. The minimum atomic E-state index is -3.28. The highest BCUT2D eigenvalue weighted by Crippen LogP contribution is 2.41. The first-order valence-corrected chi connectivity index (χ1v) is 5.38. The van der Waals surface area contributed by atoms with Crippen molar-refractivity contribution >= 4 is 10.0 Å². The van der Waals surface area contributed by atoms with Crippen LogP contribution in [0.25, 0.3) is 0 Å². The molecule has 2 aliphatic rings. The molecule has 3 nitrogen and oxygen atoms in total. The van der Waals surface area contributed by atoms with Gasteiger partial charge in [-0.15, -0.1) is 0 Å². The molecule has 0 aromatic heterocycles. The first-order valence-electron chi connectivity index (χ1n) is 3.77. The zero-order chi connectivity index (χ0) is 8.06. The number of hydrogen-bond acceptors (Lipinski definition) is 2. The van der Waals surface area contributed by atoms with Crippen LogP contribution in [0, 0.1) is 11.8 Å². The number of hydrogen-bond donors (Lipinski definition) is 1. The second-order valence-corrected chi connectivity index (χ2v) is 5.19. The number of rotatable bonds is 1. The van der Waals surface area contributed by atoms with Crippen LogP contribution in [0.5, 0.6) is 0 Å². The average molecular weight is 173 g/mol. The Morgan fingerprint density at radius 1 is 1.27 bits per heavy atom. The van der Waals surface area contributed by atoms with Gasteiger partial charge in [0, 0.05) is 0 Å². The molecule has 0 aliphatic heterocycles. The van der Waals surface area contributed by atoms with Crippen molar-refractivity contribution in [2.75, 3.05) is 0 Å². The molecule has 4 heteroatoms. The average Bonchev–Trinajstić information content (AvgIpc) is 2.42. The lowest BCUT2D eigenvalue weighted by Gasteiger charge is -2.14. The highest BCUT2D eigenvalue weighted by molar-refractivity contribution is 7.89. The van der Waals surface area contributed by atoms with Crippen molar-refractivity contribution in [3.63, 3.8) is 0 Å². The molecule has 0 aromatic rings. The van der Waals surface area contributed by atoms with Gasteiger partial charge in [0.1, 0.15) is 0 Å². The van der Waals surface area contributed by atoms with E-state index in [4.69, 9.17) is 5.14 Å². The van der Waals surface area contributed by atoms with Gasteiger partial charge in [-0.05, 0) is 24.7 Å². The molecule has 2 aliphatic carbocycles. The standard InChI is InChI=1S/C7H11NO2S/c8-11(9,10)7-4-5-1-2-6(7)3-5/h1-2,5-7H,3-4H2,(H2,8,9,10)/t5-,6+,7+/m1/s1. The molecule has 0 radical (unpaired) electrons. The molecule has 0 amide bonds. The van der Waals surface area contributed by atoms with Crippen LogP contribution in [0.3, 0.4) is 0 Å². The van der Waals surface area contributed by atoms with Gasteiger partial charge in [-0.1, -0.05) is 12.2 Å². The number of fused-ring (bicyclic) bond motifs is 2. The van der Waals surface area contributed by atoms with Gasteiger partial charge in [-0.25, -0.2) is 13.6 Å². The molecule has 2 bridgehead atoms. The van der Waals surface area contributed by atoms with Crippen LogP contribution in [0.15, 0.2) is 12.2 Å². The van der Waals surface area contributed by atoms with E-state index in [-0.39, 0.29) is 11.2 Å². The zero-order valence-electron chi connectivity index (χ0n) is 6.10. The first-order chi connectivity index (χ1) is 5.07. The lowest BCUT2D eigenvalue weighted by Crippen LogP contribution is -2.31. The maximum atomic E-state index is 11.0. The monoisotopic (exact) mass is 173 g/mol. The molecule has 62 valence electrons. The van der Waals surface area contributed by atoms with Gasteiger partial charge < -0.3 is 0 Å². The van der Waals surface area contributed by atoms with Crippen molar-refractivity contribution < 1.29 is 8.42 Å². The van der Waals surface area contributed by atoms with Gasteiger partial charge in [0.25, 0.3) is 0 Å². The van der Waals surface area contributed by atoms with Crippen LogP contribution < -0.4 is 5.14 Å². The molecule has 0 saturated heterocycles. The summed E-state index contributed by atoms with van der Waals surface area (Å²) in [6.45, 7) is 0. The van der Waals surface area contributed by atoms with Crippen molar-refractivity contribution in [2.24, 2.45) is 17.0 Å². The van der Waals surface area contributed by atoms with Crippen LogP contribution in [0.2, 0.25) is 0 Å². The summed E-state index contributed by atoms with van der Waals surface area (Å²) >= 11 is 0. The Balaban J connectivity index is 2.28. The molecular weight excluding hydrogens is 162 g/mol. The third kappa shape index (κ3) is 1.10. The smallest absolute Gasteiger partial charge is 0.212 e. The van der Waals surface area contributed by atoms with Gasteiger partial charge in [-0.3, -0.25) is 0 Å². The Morgan fingerprint density at radius 3 is 2.27 bits per heavy atom. The van der Waals surface area contributed by atoms with Gasteiger partial charge in [0.2, 0.25) is 10.0 Å². The van der Waals surface area contributed by atoms with Crippen LogP contribution in [-0.4, -0.2) is 13.7 Å². The highest BCUT2D eigenvalue weighted by Gasteiger charge is 2.41. The molecule has 11 heavy (non-hydrogen) atoms. The van der Waals surface area contributed by atoms with E-state index in [1.165, 1.54) is 0 Å². The Kier molecular flexibility index (Phi) is 1.38. The summed E-state index contributed by atoms with van der Waals surface area (Å²) in [6, 6.07) is 0. The molecule has 1 saturated carbocycles. The quantitative estimate of drug-likeness (QED) is 0.577. The zero-order valence-corrected chi connectivity index (χ0v) is 6.92. The van der Waals surface area contributed by atoms with E-state index in [9.17, 15) is 8.42 Å². The van der Waals surface area contributed by atoms with E-state index in [1.54, 1.807) is 0 Å². The van der Waals surface area contributed by atoms with Crippen molar-refractivity contribution in [1.82, 2.24) is 0 Å². The summed E-state index contributed by atoms with van der Waals surface area (Å²) < 4.78 is 21.9. The first kappa shape index (κ1) is 7.31. The van der Waals surface area contributed by atoms with E-state index >= 15 is 0 Å². The second kappa shape index (κ2) is 2.08. The molecule has 0 unspecified atom stereocenters. The van der Waals surface area contributed by atoms with Crippen LogP contribution in [-0.2, 0) is 10.0 Å². The Labute approximate surface area is 66.3 Å². The fourth-order valence-electron chi connectivity index (χ4n) is 2.11. The van der Waals surface area contributed by atoms with E-state index in [1.807, 2.05) is 6.08 Å². The molecule has 1 fully saturated rings. The predicted molar refractivity (Wildman–Crippen MR) is 42.2 cm³/mol. The van der Waals surface area contributed by atoms with Crippen LogP contribution >= 0.6 is 0 Å².